The Morgan fingerprint density at radius 3 is 2.50 bits per heavy atom. The van der Waals surface area contributed by atoms with Crippen molar-refractivity contribution in [1.82, 2.24) is 5.32 Å². The van der Waals surface area contributed by atoms with Crippen LogP contribution in [0.15, 0.2) is 42.5 Å². The van der Waals surface area contributed by atoms with Crippen molar-refractivity contribution >= 4 is 0 Å². The number of nitrogens with one attached hydrogen (secondary N) is 1. The zero-order valence-electron chi connectivity index (χ0n) is 12.6. The number of rotatable bonds is 4. The third kappa shape index (κ3) is 2.51. The molecule has 1 unspecified atom stereocenters. The molecule has 0 aromatic heterocycles. The molecule has 0 bridgehead atoms. The second kappa shape index (κ2) is 5.41. The minimum atomic E-state index is 0.423. The summed E-state index contributed by atoms with van der Waals surface area (Å²) in [6, 6.07) is 16.1. The quantitative estimate of drug-likeness (QED) is 0.729. The Hall–Kier alpha value is -1.60. The molecule has 1 aliphatic carbocycles. The van der Waals surface area contributed by atoms with Crippen LogP contribution in [0.5, 0.6) is 0 Å². The minimum Gasteiger partial charge on any atom is -0.310 e. The van der Waals surface area contributed by atoms with Gasteiger partial charge in [0.15, 0.2) is 0 Å². The molecule has 0 heterocycles. The van der Waals surface area contributed by atoms with Crippen LogP contribution in [-0.2, 0) is 6.42 Å². The zero-order chi connectivity index (χ0) is 14.1. The summed E-state index contributed by atoms with van der Waals surface area (Å²) in [6.07, 6.45) is 1.08. The van der Waals surface area contributed by atoms with Gasteiger partial charge in [-0.25, -0.2) is 0 Å². The summed E-state index contributed by atoms with van der Waals surface area (Å²) >= 11 is 0. The highest BCUT2D eigenvalue weighted by Gasteiger charge is 2.18. The van der Waals surface area contributed by atoms with Crippen molar-refractivity contribution in [2.75, 3.05) is 6.54 Å². The third-order valence-corrected chi connectivity index (χ3v) is 4.15. The van der Waals surface area contributed by atoms with E-state index in [1.54, 1.807) is 0 Å². The number of fused-ring (bicyclic) bond motifs is 3. The average Bonchev–Trinajstić information content (AvgIpc) is 2.82. The van der Waals surface area contributed by atoms with Crippen LogP contribution in [0.4, 0.5) is 0 Å². The Morgan fingerprint density at radius 1 is 0.950 bits per heavy atom. The molecule has 0 fully saturated rings. The monoisotopic (exact) mass is 265 g/mol. The summed E-state index contributed by atoms with van der Waals surface area (Å²) in [5.74, 6) is 0.691. The van der Waals surface area contributed by atoms with Crippen molar-refractivity contribution in [3.63, 3.8) is 0 Å². The lowest BCUT2D eigenvalue weighted by molar-refractivity contribution is 0.496. The molecular formula is C19H23N. The fourth-order valence-electron chi connectivity index (χ4n) is 2.96. The maximum Gasteiger partial charge on any atom is 0.0292 e. The molecule has 0 radical (unpaired) electrons. The first-order chi connectivity index (χ1) is 9.65. The molecule has 104 valence electrons. The predicted octanol–water partition coefficient (Wildman–Crippen LogP) is 4.56. The molecule has 1 atom stereocenters. The van der Waals surface area contributed by atoms with Crippen molar-refractivity contribution < 1.29 is 0 Å². The minimum absolute atomic E-state index is 0.423. The highest BCUT2D eigenvalue weighted by Crippen LogP contribution is 2.37. The maximum atomic E-state index is 3.61. The van der Waals surface area contributed by atoms with E-state index in [4.69, 9.17) is 0 Å². The topological polar surface area (TPSA) is 12.0 Å². The summed E-state index contributed by atoms with van der Waals surface area (Å²) in [7, 11) is 0. The molecule has 1 nitrogen and oxygen atoms in total. The van der Waals surface area contributed by atoms with Gasteiger partial charge in [0.25, 0.3) is 0 Å². The zero-order valence-corrected chi connectivity index (χ0v) is 12.6. The van der Waals surface area contributed by atoms with Crippen molar-refractivity contribution in [2.45, 2.75) is 33.2 Å². The van der Waals surface area contributed by atoms with Crippen LogP contribution in [0.25, 0.3) is 11.1 Å². The standard InChI is InChI=1S/C19H23N/c1-13(2)12-20-14(3)15-8-9-19-17(10-15)11-16-6-4-5-7-18(16)19/h4-10,13-14,20H,11-12H2,1-3H3. The smallest absolute Gasteiger partial charge is 0.0292 e. The summed E-state index contributed by atoms with van der Waals surface area (Å²) in [6.45, 7) is 7.82. The van der Waals surface area contributed by atoms with Crippen LogP contribution in [0, 0.1) is 5.92 Å². The van der Waals surface area contributed by atoms with Crippen LogP contribution in [-0.4, -0.2) is 6.54 Å². The van der Waals surface area contributed by atoms with Crippen LogP contribution in [0.2, 0.25) is 0 Å². The van der Waals surface area contributed by atoms with Gasteiger partial charge >= 0.3 is 0 Å². The maximum absolute atomic E-state index is 3.61. The van der Waals surface area contributed by atoms with Crippen molar-refractivity contribution in [3.05, 3.63) is 59.2 Å². The highest BCUT2D eigenvalue weighted by atomic mass is 14.9. The molecule has 1 heteroatoms. The van der Waals surface area contributed by atoms with E-state index in [2.05, 4.69) is 68.6 Å². The summed E-state index contributed by atoms with van der Waals surface area (Å²) in [5, 5.41) is 3.61. The lowest BCUT2D eigenvalue weighted by Gasteiger charge is -2.17. The molecule has 0 saturated carbocycles. The summed E-state index contributed by atoms with van der Waals surface area (Å²) in [5.41, 5.74) is 7.17. The van der Waals surface area contributed by atoms with Crippen molar-refractivity contribution in [1.29, 1.82) is 0 Å². The van der Waals surface area contributed by atoms with Crippen LogP contribution >= 0.6 is 0 Å². The Labute approximate surface area is 122 Å². The van der Waals surface area contributed by atoms with E-state index in [0.29, 0.717) is 12.0 Å². The highest BCUT2D eigenvalue weighted by molar-refractivity contribution is 5.76. The van der Waals surface area contributed by atoms with E-state index in [0.717, 1.165) is 13.0 Å². The first-order valence-electron chi connectivity index (χ1n) is 7.59. The molecule has 0 amide bonds. The van der Waals surface area contributed by atoms with E-state index in [1.807, 2.05) is 0 Å². The largest absolute Gasteiger partial charge is 0.310 e. The number of hydrogen-bond donors (Lipinski definition) is 1. The van der Waals surface area contributed by atoms with Gasteiger partial charge in [-0.1, -0.05) is 56.3 Å². The molecule has 0 aliphatic heterocycles. The van der Waals surface area contributed by atoms with E-state index in [9.17, 15) is 0 Å². The molecule has 20 heavy (non-hydrogen) atoms. The molecule has 0 saturated heterocycles. The number of hydrogen-bond acceptors (Lipinski definition) is 1. The van der Waals surface area contributed by atoms with Crippen LogP contribution in [0.1, 0.15) is 43.5 Å². The number of benzene rings is 2. The van der Waals surface area contributed by atoms with Crippen LogP contribution in [0.3, 0.4) is 0 Å². The predicted molar refractivity (Wildman–Crippen MR) is 85.9 cm³/mol. The normalized spacial score (nSPS) is 14.2. The summed E-state index contributed by atoms with van der Waals surface area (Å²) < 4.78 is 0. The SMILES string of the molecule is CC(C)CNC(C)c1ccc2c(c1)Cc1ccccc1-2. The first-order valence-corrected chi connectivity index (χ1v) is 7.59. The molecule has 2 aromatic carbocycles. The average molecular weight is 265 g/mol. The van der Waals surface area contributed by atoms with Gasteiger partial charge in [-0.3, -0.25) is 0 Å². The van der Waals surface area contributed by atoms with Gasteiger partial charge in [0.05, 0.1) is 0 Å². The fraction of sp³-hybridized carbons (Fsp3) is 0.368. The van der Waals surface area contributed by atoms with Gasteiger partial charge < -0.3 is 5.32 Å². The van der Waals surface area contributed by atoms with Gasteiger partial charge in [0, 0.05) is 6.04 Å². The van der Waals surface area contributed by atoms with Gasteiger partial charge in [-0.05, 0) is 53.6 Å². The van der Waals surface area contributed by atoms with E-state index in [1.165, 1.54) is 27.8 Å². The van der Waals surface area contributed by atoms with Crippen LogP contribution < -0.4 is 5.32 Å². The van der Waals surface area contributed by atoms with Crippen molar-refractivity contribution in [2.24, 2.45) is 5.92 Å². The summed E-state index contributed by atoms with van der Waals surface area (Å²) in [4.78, 5) is 0. The van der Waals surface area contributed by atoms with E-state index >= 15 is 0 Å². The third-order valence-electron chi connectivity index (χ3n) is 4.15. The Balaban J connectivity index is 1.83. The second-order valence-electron chi connectivity index (χ2n) is 6.27. The second-order valence-corrected chi connectivity index (χ2v) is 6.27. The Kier molecular flexibility index (Phi) is 3.62. The fourth-order valence-corrected chi connectivity index (χ4v) is 2.96. The van der Waals surface area contributed by atoms with Gasteiger partial charge in [-0.15, -0.1) is 0 Å². The molecule has 2 aromatic rings. The van der Waals surface area contributed by atoms with Gasteiger partial charge in [-0.2, -0.15) is 0 Å². The Morgan fingerprint density at radius 2 is 1.70 bits per heavy atom. The Bertz CT molecular complexity index is 613. The van der Waals surface area contributed by atoms with Gasteiger partial charge in [0.1, 0.15) is 0 Å². The van der Waals surface area contributed by atoms with E-state index < -0.39 is 0 Å². The molecular weight excluding hydrogens is 242 g/mol. The van der Waals surface area contributed by atoms with Crippen molar-refractivity contribution in [3.8, 4) is 11.1 Å². The molecule has 3 rings (SSSR count). The molecule has 0 spiro atoms. The lowest BCUT2D eigenvalue weighted by atomic mass is 10.00. The van der Waals surface area contributed by atoms with Gasteiger partial charge in [0.2, 0.25) is 0 Å². The molecule has 1 aliphatic rings. The lowest BCUT2D eigenvalue weighted by Crippen LogP contribution is -2.23. The van der Waals surface area contributed by atoms with E-state index in [-0.39, 0.29) is 0 Å². The first kappa shape index (κ1) is 13.4. The molecule has 1 N–H and O–H groups in total.